The number of rotatable bonds is 8. The van der Waals surface area contributed by atoms with Crippen molar-refractivity contribution in [3.8, 4) is 11.5 Å². The van der Waals surface area contributed by atoms with Crippen molar-refractivity contribution < 1.29 is 14.3 Å². The van der Waals surface area contributed by atoms with Crippen LogP contribution in [0.5, 0.6) is 11.5 Å². The molecule has 134 valence electrons. The zero-order valence-corrected chi connectivity index (χ0v) is 16.0. The summed E-state index contributed by atoms with van der Waals surface area (Å²) in [4.78, 5) is 13.6. The van der Waals surface area contributed by atoms with Gasteiger partial charge in [-0.15, -0.1) is 11.8 Å². The average Bonchev–Trinajstić information content (AvgIpc) is 2.63. The van der Waals surface area contributed by atoms with E-state index in [1.807, 2.05) is 69.5 Å². The molecule has 2 aromatic carbocycles. The standard InChI is InChI=1S/C20H25NO3S/c1-5-23-17-12-11-15(13-18(17)24-6-2)14(3)21-20(22)16-9-7-8-10-19(16)25-4/h7-14H,5-6H2,1-4H3,(H,21,22)/t14-/m1/s1. The van der Waals surface area contributed by atoms with Gasteiger partial charge >= 0.3 is 0 Å². The molecule has 0 aliphatic heterocycles. The summed E-state index contributed by atoms with van der Waals surface area (Å²) < 4.78 is 11.3. The Bertz CT molecular complexity index is 718. The zero-order chi connectivity index (χ0) is 18.2. The summed E-state index contributed by atoms with van der Waals surface area (Å²) in [5.74, 6) is 1.34. The Kier molecular flexibility index (Phi) is 7.19. The minimum atomic E-state index is -0.141. The van der Waals surface area contributed by atoms with E-state index in [2.05, 4.69) is 5.32 Å². The van der Waals surface area contributed by atoms with Crippen LogP contribution in [0.1, 0.15) is 42.7 Å². The van der Waals surface area contributed by atoms with Crippen LogP contribution in [-0.2, 0) is 0 Å². The summed E-state index contributed by atoms with van der Waals surface area (Å²) in [6.07, 6.45) is 1.97. The number of nitrogens with one attached hydrogen (secondary N) is 1. The van der Waals surface area contributed by atoms with Gasteiger partial charge in [0, 0.05) is 4.90 Å². The monoisotopic (exact) mass is 359 g/mol. The molecule has 25 heavy (non-hydrogen) atoms. The van der Waals surface area contributed by atoms with Gasteiger partial charge in [0.2, 0.25) is 0 Å². The number of benzene rings is 2. The number of ether oxygens (including phenoxy) is 2. The molecule has 4 nitrogen and oxygen atoms in total. The van der Waals surface area contributed by atoms with Crippen LogP contribution in [0, 0.1) is 0 Å². The number of hydrogen-bond acceptors (Lipinski definition) is 4. The quantitative estimate of drug-likeness (QED) is 0.694. The lowest BCUT2D eigenvalue weighted by Crippen LogP contribution is -2.27. The first-order chi connectivity index (χ1) is 12.1. The van der Waals surface area contributed by atoms with E-state index in [1.165, 1.54) is 0 Å². The number of thioether (sulfide) groups is 1. The van der Waals surface area contributed by atoms with Gasteiger partial charge in [-0.2, -0.15) is 0 Å². The van der Waals surface area contributed by atoms with Crippen molar-refractivity contribution in [3.05, 3.63) is 53.6 Å². The highest BCUT2D eigenvalue weighted by Crippen LogP contribution is 2.31. The summed E-state index contributed by atoms with van der Waals surface area (Å²) in [7, 11) is 0. The van der Waals surface area contributed by atoms with Crippen LogP contribution < -0.4 is 14.8 Å². The maximum absolute atomic E-state index is 12.6. The highest BCUT2D eigenvalue weighted by atomic mass is 32.2. The topological polar surface area (TPSA) is 47.6 Å². The normalized spacial score (nSPS) is 11.7. The molecule has 0 radical (unpaired) electrons. The van der Waals surface area contributed by atoms with E-state index in [1.54, 1.807) is 11.8 Å². The van der Waals surface area contributed by atoms with Gasteiger partial charge in [-0.05, 0) is 56.9 Å². The van der Waals surface area contributed by atoms with Gasteiger partial charge < -0.3 is 14.8 Å². The Hall–Kier alpha value is -2.14. The molecule has 2 aromatic rings. The molecule has 0 aromatic heterocycles. The molecule has 0 unspecified atom stereocenters. The molecule has 5 heteroatoms. The second kappa shape index (κ2) is 9.37. The Morgan fingerprint density at radius 1 is 1.08 bits per heavy atom. The van der Waals surface area contributed by atoms with Gasteiger partial charge in [-0.3, -0.25) is 4.79 Å². The number of carbonyl (C=O) groups excluding carboxylic acids is 1. The van der Waals surface area contributed by atoms with E-state index in [9.17, 15) is 4.79 Å². The van der Waals surface area contributed by atoms with E-state index >= 15 is 0 Å². The van der Waals surface area contributed by atoms with Crippen LogP contribution in [0.4, 0.5) is 0 Å². The molecule has 1 N–H and O–H groups in total. The number of amides is 1. The lowest BCUT2D eigenvalue weighted by Gasteiger charge is -2.18. The lowest BCUT2D eigenvalue weighted by molar-refractivity contribution is 0.0937. The highest BCUT2D eigenvalue weighted by Gasteiger charge is 2.16. The fraction of sp³-hybridized carbons (Fsp3) is 0.350. The molecule has 0 aliphatic carbocycles. The smallest absolute Gasteiger partial charge is 0.252 e. The Labute approximate surface area is 153 Å². The maximum atomic E-state index is 12.6. The van der Waals surface area contributed by atoms with Crippen LogP contribution >= 0.6 is 11.8 Å². The van der Waals surface area contributed by atoms with E-state index in [0.29, 0.717) is 24.5 Å². The van der Waals surface area contributed by atoms with E-state index in [4.69, 9.17) is 9.47 Å². The Morgan fingerprint density at radius 2 is 1.76 bits per heavy atom. The van der Waals surface area contributed by atoms with Gasteiger partial charge in [-0.1, -0.05) is 18.2 Å². The summed E-state index contributed by atoms with van der Waals surface area (Å²) in [5, 5.41) is 3.06. The molecule has 0 aliphatic rings. The van der Waals surface area contributed by atoms with Crippen molar-refractivity contribution in [1.82, 2.24) is 5.32 Å². The molecule has 0 spiro atoms. The lowest BCUT2D eigenvalue weighted by atomic mass is 10.1. The van der Waals surface area contributed by atoms with Crippen LogP contribution in [0.15, 0.2) is 47.4 Å². The molecule has 0 heterocycles. The summed E-state index contributed by atoms with van der Waals surface area (Å²) in [5.41, 5.74) is 1.67. The molecule has 0 fully saturated rings. The second-order valence-corrected chi connectivity index (χ2v) is 6.32. The Morgan fingerprint density at radius 3 is 2.44 bits per heavy atom. The van der Waals surface area contributed by atoms with Gasteiger partial charge in [0.15, 0.2) is 11.5 Å². The average molecular weight is 359 g/mol. The van der Waals surface area contributed by atoms with Crippen LogP contribution in [0.25, 0.3) is 0 Å². The summed E-state index contributed by atoms with van der Waals surface area (Å²) in [6.45, 7) is 6.98. The van der Waals surface area contributed by atoms with E-state index in [0.717, 1.165) is 16.2 Å². The van der Waals surface area contributed by atoms with Crippen molar-refractivity contribution in [2.45, 2.75) is 31.7 Å². The first-order valence-electron chi connectivity index (χ1n) is 8.44. The largest absolute Gasteiger partial charge is 0.490 e. The molecule has 0 bridgehead atoms. The third-order valence-corrected chi connectivity index (χ3v) is 4.56. The SMILES string of the molecule is CCOc1ccc([C@@H](C)NC(=O)c2ccccc2SC)cc1OCC. The molecule has 0 saturated carbocycles. The minimum Gasteiger partial charge on any atom is -0.490 e. The molecule has 1 atom stereocenters. The van der Waals surface area contributed by atoms with Crippen molar-refractivity contribution in [2.24, 2.45) is 0 Å². The second-order valence-electron chi connectivity index (χ2n) is 5.47. The maximum Gasteiger partial charge on any atom is 0.252 e. The predicted molar refractivity (Wildman–Crippen MR) is 103 cm³/mol. The van der Waals surface area contributed by atoms with Crippen LogP contribution in [0.3, 0.4) is 0 Å². The third-order valence-electron chi connectivity index (χ3n) is 3.77. The summed E-state index contributed by atoms with van der Waals surface area (Å²) in [6, 6.07) is 13.3. The molecular formula is C20H25NO3S. The minimum absolute atomic E-state index is 0.0794. The van der Waals surface area contributed by atoms with Crippen molar-refractivity contribution >= 4 is 17.7 Å². The van der Waals surface area contributed by atoms with Crippen LogP contribution in [0.2, 0.25) is 0 Å². The van der Waals surface area contributed by atoms with Crippen molar-refractivity contribution in [1.29, 1.82) is 0 Å². The highest BCUT2D eigenvalue weighted by molar-refractivity contribution is 7.98. The van der Waals surface area contributed by atoms with Crippen molar-refractivity contribution in [2.75, 3.05) is 19.5 Å². The molecule has 0 saturated heterocycles. The van der Waals surface area contributed by atoms with Gasteiger partial charge in [-0.25, -0.2) is 0 Å². The summed E-state index contributed by atoms with van der Waals surface area (Å²) >= 11 is 1.57. The van der Waals surface area contributed by atoms with E-state index in [-0.39, 0.29) is 11.9 Å². The fourth-order valence-electron chi connectivity index (χ4n) is 2.53. The fourth-order valence-corrected chi connectivity index (χ4v) is 3.12. The van der Waals surface area contributed by atoms with Gasteiger partial charge in [0.1, 0.15) is 0 Å². The molecule has 2 rings (SSSR count). The number of carbonyl (C=O) groups is 1. The third kappa shape index (κ3) is 4.92. The Balaban J connectivity index is 2.18. The van der Waals surface area contributed by atoms with Crippen molar-refractivity contribution in [3.63, 3.8) is 0 Å². The first kappa shape index (κ1) is 19.2. The molecular weight excluding hydrogens is 334 g/mol. The zero-order valence-electron chi connectivity index (χ0n) is 15.2. The first-order valence-corrected chi connectivity index (χ1v) is 9.66. The molecule has 1 amide bonds. The van der Waals surface area contributed by atoms with E-state index < -0.39 is 0 Å². The van der Waals surface area contributed by atoms with Crippen LogP contribution in [-0.4, -0.2) is 25.4 Å². The number of hydrogen-bond donors (Lipinski definition) is 1. The van der Waals surface area contributed by atoms with Gasteiger partial charge in [0.05, 0.1) is 24.8 Å². The predicted octanol–water partition coefficient (Wildman–Crippen LogP) is 4.70. The van der Waals surface area contributed by atoms with Gasteiger partial charge in [0.25, 0.3) is 5.91 Å².